The van der Waals surface area contributed by atoms with Crippen molar-refractivity contribution >= 4 is 23.2 Å². The predicted molar refractivity (Wildman–Crippen MR) is 96.0 cm³/mol. The first-order valence-electron chi connectivity index (χ1n) is 8.50. The lowest BCUT2D eigenvalue weighted by atomic mass is 9.93. The van der Waals surface area contributed by atoms with Crippen molar-refractivity contribution in [3.05, 3.63) is 70.7 Å². The van der Waals surface area contributed by atoms with Crippen LogP contribution in [0, 0.1) is 0 Å². The molecule has 2 aromatic carbocycles. The van der Waals surface area contributed by atoms with E-state index in [0.29, 0.717) is 0 Å². The number of carbonyl (C=O) groups is 1. The molecule has 0 saturated carbocycles. The van der Waals surface area contributed by atoms with E-state index in [0.717, 1.165) is 12.1 Å². The molecule has 1 heterocycles. The molecule has 1 atom stereocenters. The van der Waals surface area contributed by atoms with Gasteiger partial charge in [-0.15, -0.1) is 0 Å². The number of rotatable bonds is 4. The van der Waals surface area contributed by atoms with Gasteiger partial charge >= 0.3 is 18.0 Å². The van der Waals surface area contributed by atoms with E-state index in [4.69, 9.17) is 11.6 Å². The lowest BCUT2D eigenvalue weighted by molar-refractivity contribution is -0.336. The van der Waals surface area contributed by atoms with Crippen LogP contribution in [0.2, 0.25) is 5.02 Å². The molecule has 0 aromatic heterocycles. The van der Waals surface area contributed by atoms with Crippen LogP contribution in [0.3, 0.4) is 0 Å². The van der Waals surface area contributed by atoms with Crippen molar-refractivity contribution in [3.8, 4) is 0 Å². The van der Waals surface area contributed by atoms with Crippen molar-refractivity contribution < 1.29 is 40.6 Å². The number of alkyl halides is 7. The van der Waals surface area contributed by atoms with Gasteiger partial charge in [0, 0.05) is 22.6 Å². The molecule has 0 aliphatic carbocycles. The zero-order valence-corrected chi connectivity index (χ0v) is 15.9. The summed E-state index contributed by atoms with van der Waals surface area (Å²) >= 11 is 5.71. The second-order valence-corrected chi connectivity index (χ2v) is 7.11. The average molecular weight is 469 g/mol. The first-order chi connectivity index (χ1) is 14.2. The molecule has 12 heteroatoms. The van der Waals surface area contributed by atoms with Crippen LogP contribution in [0.4, 0.5) is 30.7 Å². The molecule has 0 bridgehead atoms. The minimum absolute atomic E-state index is 0.0707. The number of hydrogen-bond acceptors (Lipinski definition) is 3. The summed E-state index contributed by atoms with van der Waals surface area (Å²) < 4.78 is 93.5. The Morgan fingerprint density at radius 3 is 2.03 bits per heavy atom. The maximum Gasteiger partial charge on any atom is 0.460 e. The average Bonchev–Trinajstić information content (AvgIpc) is 3.07. The Balaban J connectivity index is 2.12. The van der Waals surface area contributed by atoms with Crippen LogP contribution >= 0.6 is 11.6 Å². The number of hydrazone groups is 1. The highest BCUT2D eigenvalue weighted by molar-refractivity contribution is 6.30. The van der Waals surface area contributed by atoms with Gasteiger partial charge in [0.25, 0.3) is 5.91 Å². The van der Waals surface area contributed by atoms with Gasteiger partial charge in [0.05, 0.1) is 0 Å². The number of benzene rings is 2. The molecule has 0 spiro atoms. The molecule has 0 saturated heterocycles. The van der Waals surface area contributed by atoms with Gasteiger partial charge in [0.15, 0.2) is 5.72 Å². The molecule has 1 amide bonds. The Kier molecular flexibility index (Phi) is 5.56. The van der Waals surface area contributed by atoms with E-state index >= 15 is 0 Å². The zero-order valence-electron chi connectivity index (χ0n) is 15.2. The number of amides is 1. The summed E-state index contributed by atoms with van der Waals surface area (Å²) in [7, 11) is 0. The summed E-state index contributed by atoms with van der Waals surface area (Å²) in [5.41, 5.74) is -5.18. The largest absolute Gasteiger partial charge is 0.460 e. The minimum atomic E-state index is -6.60. The molecular weight excluding hydrogens is 457 g/mol. The summed E-state index contributed by atoms with van der Waals surface area (Å²) in [6, 6.07) is 11.3. The summed E-state index contributed by atoms with van der Waals surface area (Å²) in [5, 5.41) is 14.3. The van der Waals surface area contributed by atoms with E-state index in [9.17, 15) is 40.6 Å². The lowest BCUT2D eigenvalue weighted by Crippen LogP contribution is -2.56. The van der Waals surface area contributed by atoms with Gasteiger partial charge in [0.2, 0.25) is 0 Å². The van der Waals surface area contributed by atoms with Crippen LogP contribution in [-0.2, 0) is 5.72 Å². The number of nitrogens with zero attached hydrogens (tertiary/aromatic N) is 2. The molecule has 0 unspecified atom stereocenters. The number of halogens is 8. The standard InChI is InChI=1S/C19H12ClF7N2O2/c20-13-8-6-11(7-9-13)15(30)29-16(31,12-4-2-1-3-5-12)10-14(28-29)17(21,22)18(23,24)19(25,26)27/h1-9,31H,10H2/t16-/m1/s1. The van der Waals surface area contributed by atoms with E-state index in [1.807, 2.05) is 0 Å². The van der Waals surface area contributed by atoms with Crippen LogP contribution in [0.1, 0.15) is 22.3 Å². The first kappa shape index (κ1) is 23.0. The highest BCUT2D eigenvalue weighted by atomic mass is 35.5. The predicted octanol–water partition coefficient (Wildman–Crippen LogP) is 5.22. The molecule has 1 aliphatic rings. The molecule has 0 radical (unpaired) electrons. The smallest absolute Gasteiger partial charge is 0.365 e. The highest BCUT2D eigenvalue weighted by Gasteiger charge is 2.76. The summed E-state index contributed by atoms with van der Waals surface area (Å²) in [5.74, 6) is -13.5. The molecule has 2 aromatic rings. The van der Waals surface area contributed by atoms with Crippen LogP contribution in [0.5, 0.6) is 0 Å². The highest BCUT2D eigenvalue weighted by Crippen LogP contribution is 2.50. The minimum Gasteiger partial charge on any atom is -0.365 e. The third-order valence-corrected chi connectivity index (χ3v) is 4.87. The first-order valence-corrected chi connectivity index (χ1v) is 8.88. The third kappa shape index (κ3) is 3.76. The second-order valence-electron chi connectivity index (χ2n) is 6.68. The molecule has 4 nitrogen and oxygen atoms in total. The normalized spacial score (nSPS) is 20.0. The van der Waals surface area contributed by atoms with Crippen LogP contribution < -0.4 is 0 Å². The van der Waals surface area contributed by atoms with Gasteiger partial charge in [-0.3, -0.25) is 4.79 Å². The maximum atomic E-state index is 14.3. The van der Waals surface area contributed by atoms with Gasteiger partial charge in [-0.25, -0.2) is 0 Å². The van der Waals surface area contributed by atoms with Crippen molar-refractivity contribution in [3.63, 3.8) is 0 Å². The summed E-state index contributed by atoms with van der Waals surface area (Å²) in [6.45, 7) is 0. The summed E-state index contributed by atoms with van der Waals surface area (Å²) in [6.07, 6.45) is -8.08. The Morgan fingerprint density at radius 2 is 1.52 bits per heavy atom. The van der Waals surface area contributed by atoms with Gasteiger partial charge in [0.1, 0.15) is 5.71 Å². The van der Waals surface area contributed by atoms with Gasteiger partial charge in [-0.05, 0) is 24.3 Å². The van der Waals surface area contributed by atoms with Gasteiger partial charge in [-0.1, -0.05) is 41.9 Å². The fraction of sp³-hybridized carbons (Fsp3) is 0.263. The third-order valence-electron chi connectivity index (χ3n) is 4.62. The molecule has 31 heavy (non-hydrogen) atoms. The SMILES string of the molecule is O=C(c1ccc(Cl)cc1)N1N=C(C(F)(F)C(F)(F)C(F)(F)F)C[C@@]1(O)c1ccccc1. The van der Waals surface area contributed by atoms with E-state index in [1.165, 1.54) is 42.5 Å². The summed E-state index contributed by atoms with van der Waals surface area (Å²) in [4.78, 5) is 12.8. The maximum absolute atomic E-state index is 14.3. The molecule has 3 rings (SSSR count). The van der Waals surface area contributed by atoms with Gasteiger partial charge < -0.3 is 5.11 Å². The fourth-order valence-corrected chi connectivity index (χ4v) is 3.06. The molecule has 166 valence electrons. The molecular formula is C19H12ClF7N2O2. The van der Waals surface area contributed by atoms with Crippen molar-refractivity contribution in [2.24, 2.45) is 5.10 Å². The topological polar surface area (TPSA) is 52.9 Å². The number of carbonyl (C=O) groups excluding carboxylic acids is 1. The van der Waals surface area contributed by atoms with Gasteiger partial charge in [-0.2, -0.15) is 40.8 Å². The number of hydrogen-bond donors (Lipinski definition) is 1. The lowest BCUT2D eigenvalue weighted by Gasteiger charge is -2.32. The van der Waals surface area contributed by atoms with E-state index in [2.05, 4.69) is 5.10 Å². The zero-order chi connectivity index (χ0) is 23.2. The van der Waals surface area contributed by atoms with Crippen LogP contribution in [0.25, 0.3) is 0 Å². The van der Waals surface area contributed by atoms with E-state index in [-0.39, 0.29) is 21.2 Å². The van der Waals surface area contributed by atoms with Crippen molar-refractivity contribution in [2.75, 3.05) is 0 Å². The van der Waals surface area contributed by atoms with Crippen LogP contribution in [0.15, 0.2) is 59.7 Å². The number of aliphatic hydroxyl groups is 1. The molecule has 1 aliphatic heterocycles. The van der Waals surface area contributed by atoms with Crippen molar-refractivity contribution in [2.45, 2.75) is 30.2 Å². The molecule has 1 N–H and O–H groups in total. The Morgan fingerprint density at radius 1 is 0.968 bits per heavy atom. The fourth-order valence-electron chi connectivity index (χ4n) is 2.94. The van der Waals surface area contributed by atoms with Crippen LogP contribution in [-0.4, -0.2) is 39.8 Å². The van der Waals surface area contributed by atoms with Crippen molar-refractivity contribution in [1.82, 2.24) is 5.01 Å². The van der Waals surface area contributed by atoms with E-state index < -0.39 is 41.8 Å². The second kappa shape index (κ2) is 7.49. The van der Waals surface area contributed by atoms with E-state index in [1.54, 1.807) is 0 Å². The van der Waals surface area contributed by atoms with Crippen molar-refractivity contribution in [1.29, 1.82) is 0 Å². The monoisotopic (exact) mass is 468 g/mol. The Hall–Kier alpha value is -2.66. The quantitative estimate of drug-likeness (QED) is 0.626. The Labute approximate surface area is 175 Å². The molecule has 0 fully saturated rings. The Bertz CT molecular complexity index is 1010.